The third kappa shape index (κ3) is 2.54. The number of nitrogens with zero attached hydrogens (tertiary/aromatic N) is 2. The summed E-state index contributed by atoms with van der Waals surface area (Å²) in [4.78, 5) is 19.4. The Hall–Kier alpha value is -1.65. The van der Waals surface area contributed by atoms with Crippen molar-refractivity contribution in [3.8, 4) is 0 Å². The van der Waals surface area contributed by atoms with E-state index in [9.17, 15) is 4.79 Å². The standard InChI is InChI=1S/C12H15N3O2/c16-10(17)5-8-6-13-12(14-9-3-4-9)15-11(8)7-1-2-7/h6-7,9H,1-5H2,(H,16,17)(H,13,14,15). The summed E-state index contributed by atoms with van der Waals surface area (Å²) < 4.78 is 0. The Bertz CT molecular complexity index is 453. The van der Waals surface area contributed by atoms with Gasteiger partial charge in [-0.05, 0) is 25.7 Å². The van der Waals surface area contributed by atoms with Gasteiger partial charge in [0.15, 0.2) is 0 Å². The third-order valence-electron chi connectivity index (χ3n) is 3.11. The number of carbonyl (C=O) groups is 1. The van der Waals surface area contributed by atoms with Gasteiger partial charge in [0.1, 0.15) is 0 Å². The second-order valence-corrected chi connectivity index (χ2v) is 4.87. The Labute approximate surface area is 99.3 Å². The first-order valence-electron chi connectivity index (χ1n) is 6.06. The van der Waals surface area contributed by atoms with Gasteiger partial charge in [0, 0.05) is 23.7 Å². The normalized spacial score (nSPS) is 19.1. The van der Waals surface area contributed by atoms with Crippen LogP contribution in [0.2, 0.25) is 0 Å². The fraction of sp³-hybridized carbons (Fsp3) is 0.583. The fourth-order valence-corrected chi connectivity index (χ4v) is 1.91. The summed E-state index contributed by atoms with van der Waals surface area (Å²) >= 11 is 0. The van der Waals surface area contributed by atoms with Crippen LogP contribution in [-0.4, -0.2) is 27.1 Å². The molecule has 0 saturated heterocycles. The quantitative estimate of drug-likeness (QED) is 0.807. The highest BCUT2D eigenvalue weighted by molar-refractivity contribution is 5.70. The molecule has 1 aromatic heterocycles. The molecule has 2 N–H and O–H groups in total. The van der Waals surface area contributed by atoms with E-state index < -0.39 is 5.97 Å². The van der Waals surface area contributed by atoms with E-state index in [2.05, 4.69) is 15.3 Å². The summed E-state index contributed by atoms with van der Waals surface area (Å²) in [5.41, 5.74) is 1.70. The SMILES string of the molecule is O=C(O)Cc1cnc(NC2CC2)nc1C1CC1. The first kappa shape index (κ1) is 10.5. The summed E-state index contributed by atoms with van der Waals surface area (Å²) in [6, 6.07) is 0.521. The van der Waals surface area contributed by atoms with Gasteiger partial charge in [-0.3, -0.25) is 4.79 Å². The predicted molar refractivity (Wildman–Crippen MR) is 62.0 cm³/mol. The summed E-state index contributed by atoms with van der Waals surface area (Å²) in [6.07, 6.45) is 6.28. The van der Waals surface area contributed by atoms with Crippen molar-refractivity contribution in [3.63, 3.8) is 0 Å². The van der Waals surface area contributed by atoms with Crippen molar-refractivity contribution in [2.24, 2.45) is 0 Å². The van der Waals surface area contributed by atoms with Gasteiger partial charge in [-0.2, -0.15) is 0 Å². The van der Waals surface area contributed by atoms with Gasteiger partial charge < -0.3 is 10.4 Å². The molecule has 90 valence electrons. The maximum absolute atomic E-state index is 10.8. The lowest BCUT2D eigenvalue weighted by Crippen LogP contribution is -2.10. The molecule has 0 amide bonds. The average molecular weight is 233 g/mol. The average Bonchev–Trinajstić information content (AvgIpc) is 3.13. The van der Waals surface area contributed by atoms with Crippen molar-refractivity contribution in [2.45, 2.75) is 44.1 Å². The Balaban J connectivity index is 1.84. The molecular weight excluding hydrogens is 218 g/mol. The second kappa shape index (κ2) is 3.98. The van der Waals surface area contributed by atoms with Crippen LogP contribution < -0.4 is 5.32 Å². The van der Waals surface area contributed by atoms with Crippen molar-refractivity contribution in [3.05, 3.63) is 17.5 Å². The Morgan fingerprint density at radius 3 is 2.76 bits per heavy atom. The molecule has 3 rings (SSSR count). The number of carboxylic acid groups (broad SMARTS) is 1. The molecule has 2 fully saturated rings. The molecule has 0 atom stereocenters. The van der Waals surface area contributed by atoms with Crippen LogP contribution in [-0.2, 0) is 11.2 Å². The third-order valence-corrected chi connectivity index (χ3v) is 3.11. The van der Waals surface area contributed by atoms with E-state index in [4.69, 9.17) is 5.11 Å². The van der Waals surface area contributed by atoms with Crippen LogP contribution in [0.5, 0.6) is 0 Å². The van der Waals surface area contributed by atoms with Gasteiger partial charge in [0.25, 0.3) is 0 Å². The zero-order valence-corrected chi connectivity index (χ0v) is 9.52. The number of hydrogen-bond acceptors (Lipinski definition) is 4. The summed E-state index contributed by atoms with van der Waals surface area (Å²) in [5, 5.41) is 12.1. The number of carboxylic acids is 1. The highest BCUT2D eigenvalue weighted by Gasteiger charge is 2.29. The van der Waals surface area contributed by atoms with Crippen LogP contribution in [0.4, 0.5) is 5.95 Å². The molecule has 5 heteroatoms. The lowest BCUT2D eigenvalue weighted by molar-refractivity contribution is -0.136. The number of anilines is 1. The molecule has 0 aromatic carbocycles. The van der Waals surface area contributed by atoms with Crippen LogP contribution in [0.15, 0.2) is 6.20 Å². The smallest absolute Gasteiger partial charge is 0.307 e. The molecule has 0 aliphatic heterocycles. The summed E-state index contributed by atoms with van der Waals surface area (Å²) in [6.45, 7) is 0. The van der Waals surface area contributed by atoms with Gasteiger partial charge >= 0.3 is 5.97 Å². The van der Waals surface area contributed by atoms with Crippen LogP contribution in [0.3, 0.4) is 0 Å². The number of aromatic nitrogens is 2. The largest absolute Gasteiger partial charge is 0.481 e. The van der Waals surface area contributed by atoms with Gasteiger partial charge in [0.2, 0.25) is 5.95 Å². The molecule has 2 saturated carbocycles. The molecule has 5 nitrogen and oxygen atoms in total. The van der Waals surface area contributed by atoms with Crippen LogP contribution in [0, 0.1) is 0 Å². The van der Waals surface area contributed by atoms with E-state index in [-0.39, 0.29) is 6.42 Å². The molecule has 1 heterocycles. The number of hydrogen-bond donors (Lipinski definition) is 2. The molecule has 0 bridgehead atoms. The maximum atomic E-state index is 10.8. The predicted octanol–water partition coefficient (Wildman–Crippen LogP) is 1.56. The van der Waals surface area contributed by atoms with Crippen molar-refractivity contribution < 1.29 is 9.90 Å². The Morgan fingerprint density at radius 2 is 2.18 bits per heavy atom. The molecule has 0 radical (unpaired) electrons. The Kier molecular flexibility index (Phi) is 2.46. The minimum absolute atomic E-state index is 0.0234. The van der Waals surface area contributed by atoms with Crippen LogP contribution in [0.1, 0.15) is 42.9 Å². The first-order valence-corrected chi connectivity index (χ1v) is 6.06. The maximum Gasteiger partial charge on any atom is 0.307 e. The fourth-order valence-electron chi connectivity index (χ4n) is 1.91. The Morgan fingerprint density at radius 1 is 1.41 bits per heavy atom. The lowest BCUT2D eigenvalue weighted by Gasteiger charge is -2.08. The molecule has 1 aromatic rings. The van der Waals surface area contributed by atoms with Gasteiger partial charge in [-0.15, -0.1) is 0 Å². The molecule has 2 aliphatic rings. The zero-order chi connectivity index (χ0) is 11.8. The molecule has 2 aliphatic carbocycles. The van der Waals surface area contributed by atoms with Crippen molar-refractivity contribution in [2.75, 3.05) is 5.32 Å². The first-order chi connectivity index (χ1) is 8.22. The lowest BCUT2D eigenvalue weighted by atomic mass is 10.1. The highest BCUT2D eigenvalue weighted by Crippen LogP contribution is 2.41. The number of nitrogens with one attached hydrogen (secondary N) is 1. The van der Waals surface area contributed by atoms with E-state index >= 15 is 0 Å². The van der Waals surface area contributed by atoms with Gasteiger partial charge in [-0.25, -0.2) is 9.97 Å². The monoisotopic (exact) mass is 233 g/mol. The summed E-state index contributed by atoms with van der Waals surface area (Å²) in [5.74, 6) is 0.286. The molecular formula is C12H15N3O2. The number of rotatable bonds is 5. The second-order valence-electron chi connectivity index (χ2n) is 4.87. The van der Waals surface area contributed by atoms with Crippen molar-refractivity contribution in [1.82, 2.24) is 9.97 Å². The van der Waals surface area contributed by atoms with E-state index in [1.54, 1.807) is 6.20 Å². The van der Waals surface area contributed by atoms with E-state index in [1.807, 2.05) is 0 Å². The van der Waals surface area contributed by atoms with Gasteiger partial charge in [-0.1, -0.05) is 0 Å². The summed E-state index contributed by atoms with van der Waals surface area (Å²) in [7, 11) is 0. The van der Waals surface area contributed by atoms with Crippen molar-refractivity contribution >= 4 is 11.9 Å². The van der Waals surface area contributed by atoms with Crippen LogP contribution >= 0.6 is 0 Å². The van der Waals surface area contributed by atoms with Crippen molar-refractivity contribution in [1.29, 1.82) is 0 Å². The van der Waals surface area contributed by atoms with E-state index in [1.165, 1.54) is 12.8 Å². The highest BCUT2D eigenvalue weighted by atomic mass is 16.4. The minimum atomic E-state index is -0.821. The topological polar surface area (TPSA) is 75.1 Å². The minimum Gasteiger partial charge on any atom is -0.481 e. The molecule has 0 unspecified atom stereocenters. The molecule has 17 heavy (non-hydrogen) atoms. The van der Waals surface area contributed by atoms with Crippen LogP contribution in [0.25, 0.3) is 0 Å². The van der Waals surface area contributed by atoms with Gasteiger partial charge in [0.05, 0.1) is 12.1 Å². The number of aliphatic carboxylic acids is 1. The molecule has 0 spiro atoms. The van der Waals surface area contributed by atoms with E-state index in [0.717, 1.165) is 24.1 Å². The zero-order valence-electron chi connectivity index (χ0n) is 9.52. The van der Waals surface area contributed by atoms with E-state index in [0.29, 0.717) is 17.9 Å².